The molecule has 2 aliphatic rings. The number of ether oxygens (including phenoxy) is 1. The molecule has 6 nitrogen and oxygen atoms in total. The normalized spacial score (nSPS) is 31.4. The minimum atomic E-state index is -1.20. The summed E-state index contributed by atoms with van der Waals surface area (Å²) in [7, 11) is 2.77. The summed E-state index contributed by atoms with van der Waals surface area (Å²) in [5.41, 5.74) is -0.381. The van der Waals surface area contributed by atoms with Crippen LogP contribution in [-0.4, -0.2) is 42.4 Å². The number of amides is 2. The Balaban J connectivity index is 2.13. The molecule has 1 aromatic rings. The molecule has 2 heterocycles. The second-order valence-corrected chi connectivity index (χ2v) is 7.06. The minimum absolute atomic E-state index is 0.274. The zero-order valence-electron chi connectivity index (χ0n) is 14.4. The summed E-state index contributed by atoms with van der Waals surface area (Å²) in [6, 6.07) is 6.64. The van der Waals surface area contributed by atoms with E-state index in [2.05, 4.69) is 5.32 Å². The van der Waals surface area contributed by atoms with Crippen LogP contribution in [-0.2, 0) is 19.1 Å². The molecule has 25 heavy (non-hydrogen) atoms. The Kier molecular flexibility index (Phi) is 4.60. The fourth-order valence-corrected chi connectivity index (χ4v) is 4.33. The van der Waals surface area contributed by atoms with Crippen LogP contribution in [0.4, 0.5) is 0 Å². The molecule has 4 atom stereocenters. The quantitative estimate of drug-likeness (QED) is 0.652. The molecule has 2 saturated heterocycles. The molecular formula is C18H21ClN2O4. The highest BCUT2D eigenvalue weighted by Gasteiger charge is 2.67. The van der Waals surface area contributed by atoms with Crippen LogP contribution >= 0.6 is 11.6 Å². The lowest BCUT2D eigenvalue weighted by molar-refractivity contribution is -0.154. The van der Waals surface area contributed by atoms with Crippen LogP contribution in [0.5, 0.6) is 0 Å². The van der Waals surface area contributed by atoms with Crippen molar-refractivity contribution in [1.82, 2.24) is 10.2 Å². The Hall–Kier alpha value is -1.92. The van der Waals surface area contributed by atoms with Crippen molar-refractivity contribution >= 4 is 29.4 Å². The van der Waals surface area contributed by atoms with Gasteiger partial charge in [-0.05, 0) is 24.1 Å². The van der Waals surface area contributed by atoms with E-state index in [0.717, 1.165) is 10.5 Å². The van der Waals surface area contributed by atoms with E-state index < -0.39 is 29.4 Å². The van der Waals surface area contributed by atoms with Gasteiger partial charge >= 0.3 is 5.97 Å². The predicted octanol–water partition coefficient (Wildman–Crippen LogP) is 1.93. The SMILES string of the molecule is CCC[C@@]1(C(=O)OC)N[C@@H](c2ccc(Cl)cc2)[C@H]2C(=O)N(C)C(=O)[C@H]21. The van der Waals surface area contributed by atoms with Crippen LogP contribution < -0.4 is 5.32 Å². The van der Waals surface area contributed by atoms with Crippen LogP contribution in [0.3, 0.4) is 0 Å². The molecule has 1 N–H and O–H groups in total. The van der Waals surface area contributed by atoms with Gasteiger partial charge in [-0.2, -0.15) is 0 Å². The Morgan fingerprint density at radius 2 is 1.92 bits per heavy atom. The van der Waals surface area contributed by atoms with Crippen molar-refractivity contribution in [3.05, 3.63) is 34.9 Å². The number of nitrogens with zero attached hydrogens (tertiary/aromatic N) is 1. The van der Waals surface area contributed by atoms with Gasteiger partial charge < -0.3 is 4.74 Å². The third kappa shape index (κ3) is 2.55. The third-order valence-electron chi connectivity index (χ3n) is 5.30. The van der Waals surface area contributed by atoms with Crippen LogP contribution in [0.2, 0.25) is 5.02 Å². The first-order valence-corrected chi connectivity index (χ1v) is 8.68. The summed E-state index contributed by atoms with van der Waals surface area (Å²) in [5.74, 6) is -2.51. The monoisotopic (exact) mass is 364 g/mol. The number of imide groups is 1. The maximum Gasteiger partial charge on any atom is 0.326 e. The maximum absolute atomic E-state index is 12.8. The zero-order chi connectivity index (χ0) is 18.4. The minimum Gasteiger partial charge on any atom is -0.468 e. The largest absolute Gasteiger partial charge is 0.468 e. The van der Waals surface area contributed by atoms with Gasteiger partial charge in [0.1, 0.15) is 5.54 Å². The summed E-state index contributed by atoms with van der Waals surface area (Å²) in [6.07, 6.45) is 1.08. The molecule has 0 radical (unpaired) electrons. The van der Waals surface area contributed by atoms with E-state index in [4.69, 9.17) is 16.3 Å². The highest BCUT2D eigenvalue weighted by molar-refractivity contribution is 6.30. The van der Waals surface area contributed by atoms with Crippen molar-refractivity contribution in [3.63, 3.8) is 0 Å². The lowest BCUT2D eigenvalue weighted by Gasteiger charge is -2.31. The number of likely N-dealkylation sites (tertiary alicyclic amines) is 1. The molecule has 0 aliphatic carbocycles. The number of esters is 1. The van der Waals surface area contributed by atoms with Crippen LogP contribution in [0.25, 0.3) is 0 Å². The highest BCUT2D eigenvalue weighted by Crippen LogP contribution is 2.50. The Labute approximate surface area is 151 Å². The van der Waals surface area contributed by atoms with Crippen LogP contribution in [0.1, 0.15) is 31.4 Å². The Bertz CT molecular complexity index is 720. The Morgan fingerprint density at radius 3 is 2.48 bits per heavy atom. The van der Waals surface area contributed by atoms with Crippen LogP contribution in [0.15, 0.2) is 24.3 Å². The molecule has 0 bridgehead atoms. The van der Waals surface area contributed by atoms with Gasteiger partial charge in [0.15, 0.2) is 0 Å². The van der Waals surface area contributed by atoms with E-state index in [1.807, 2.05) is 19.1 Å². The van der Waals surface area contributed by atoms with Gasteiger partial charge in [0.2, 0.25) is 11.8 Å². The van der Waals surface area contributed by atoms with Crippen LogP contribution in [0, 0.1) is 11.8 Å². The molecular weight excluding hydrogens is 344 g/mol. The Morgan fingerprint density at radius 1 is 1.28 bits per heavy atom. The molecule has 2 aliphatic heterocycles. The highest BCUT2D eigenvalue weighted by atomic mass is 35.5. The van der Waals surface area contributed by atoms with E-state index in [9.17, 15) is 14.4 Å². The van der Waals surface area contributed by atoms with Crippen molar-refractivity contribution in [2.24, 2.45) is 11.8 Å². The second-order valence-electron chi connectivity index (χ2n) is 6.63. The molecule has 2 fully saturated rings. The summed E-state index contributed by atoms with van der Waals surface area (Å²) in [6.45, 7) is 1.93. The number of halogens is 1. The predicted molar refractivity (Wildman–Crippen MR) is 91.7 cm³/mol. The van der Waals surface area contributed by atoms with Gasteiger partial charge in [-0.3, -0.25) is 24.6 Å². The van der Waals surface area contributed by atoms with E-state index in [0.29, 0.717) is 17.9 Å². The van der Waals surface area contributed by atoms with Gasteiger partial charge in [0, 0.05) is 18.1 Å². The van der Waals surface area contributed by atoms with E-state index in [1.165, 1.54) is 14.2 Å². The topological polar surface area (TPSA) is 75.7 Å². The molecule has 7 heteroatoms. The third-order valence-corrected chi connectivity index (χ3v) is 5.55. The molecule has 0 unspecified atom stereocenters. The fraction of sp³-hybridized carbons (Fsp3) is 0.500. The number of rotatable bonds is 4. The van der Waals surface area contributed by atoms with Crippen molar-refractivity contribution in [1.29, 1.82) is 0 Å². The number of benzene rings is 1. The zero-order valence-corrected chi connectivity index (χ0v) is 15.2. The number of hydrogen-bond acceptors (Lipinski definition) is 5. The standard InChI is InChI=1S/C18H21ClN2O4/c1-4-9-18(17(24)25-3)13-12(15(22)21(2)16(13)23)14(20-18)10-5-7-11(19)8-6-10/h5-8,12-14,20H,4,9H2,1-3H3/t12-,13-,14-,18+/m0/s1. The number of hydrogen-bond donors (Lipinski definition) is 1. The van der Waals surface area contributed by atoms with Crippen molar-refractivity contribution in [2.75, 3.05) is 14.2 Å². The lowest BCUT2D eigenvalue weighted by Crippen LogP contribution is -2.56. The first-order valence-electron chi connectivity index (χ1n) is 8.30. The smallest absolute Gasteiger partial charge is 0.326 e. The number of carbonyl (C=O) groups is 3. The van der Waals surface area contributed by atoms with Gasteiger partial charge in [0.25, 0.3) is 0 Å². The van der Waals surface area contributed by atoms with Crippen molar-refractivity contribution in [2.45, 2.75) is 31.3 Å². The summed E-state index contributed by atoms with van der Waals surface area (Å²) in [4.78, 5) is 39.3. The molecule has 1 aromatic carbocycles. The molecule has 0 saturated carbocycles. The number of carbonyl (C=O) groups excluding carboxylic acids is 3. The first-order chi connectivity index (χ1) is 11.9. The maximum atomic E-state index is 12.8. The molecule has 0 aromatic heterocycles. The van der Waals surface area contributed by atoms with Gasteiger partial charge in [0.05, 0.1) is 18.9 Å². The van der Waals surface area contributed by atoms with Gasteiger partial charge in [-0.15, -0.1) is 0 Å². The second kappa shape index (κ2) is 6.42. The van der Waals surface area contributed by atoms with E-state index >= 15 is 0 Å². The molecule has 0 spiro atoms. The van der Waals surface area contributed by atoms with Crippen molar-refractivity contribution < 1.29 is 19.1 Å². The van der Waals surface area contributed by atoms with Crippen molar-refractivity contribution in [3.8, 4) is 0 Å². The summed E-state index contributed by atoms with van der Waals surface area (Å²) >= 11 is 5.96. The number of methoxy groups -OCH3 is 1. The first kappa shape index (κ1) is 17.9. The lowest BCUT2D eigenvalue weighted by atomic mass is 9.77. The van der Waals surface area contributed by atoms with E-state index in [1.54, 1.807) is 12.1 Å². The molecule has 2 amide bonds. The van der Waals surface area contributed by atoms with Gasteiger partial charge in [-0.25, -0.2) is 0 Å². The number of nitrogens with one attached hydrogen (secondary N) is 1. The number of fused-ring (bicyclic) bond motifs is 1. The summed E-state index contributed by atoms with van der Waals surface area (Å²) < 4.78 is 5.02. The molecule has 134 valence electrons. The average molecular weight is 365 g/mol. The van der Waals surface area contributed by atoms with Gasteiger partial charge in [-0.1, -0.05) is 37.1 Å². The summed E-state index contributed by atoms with van der Waals surface area (Å²) in [5, 5.41) is 3.87. The molecule has 3 rings (SSSR count). The fourth-order valence-electron chi connectivity index (χ4n) is 4.20. The average Bonchev–Trinajstić information content (AvgIpc) is 3.06. The van der Waals surface area contributed by atoms with E-state index in [-0.39, 0.29) is 11.8 Å².